The maximum atomic E-state index is 13.2. The summed E-state index contributed by atoms with van der Waals surface area (Å²) < 4.78 is 26.5. The molecule has 1 rings (SSSR count). The normalized spacial score (nSPS) is 11.1. The number of rotatable bonds is 1. The van der Waals surface area contributed by atoms with E-state index in [9.17, 15) is 8.78 Å². The van der Waals surface area contributed by atoms with Gasteiger partial charge in [0.15, 0.2) is 11.6 Å². The molecule has 0 spiro atoms. The first-order chi connectivity index (χ1) is 6.37. The first-order valence-corrected chi connectivity index (χ1v) is 4.74. The zero-order valence-electron chi connectivity index (χ0n) is 7.67. The molecule has 0 atom stereocenters. The molecule has 0 saturated carbocycles. The predicted octanol–water partition coefficient (Wildman–Crippen LogP) is 3.98. The molecule has 0 aromatic heterocycles. The van der Waals surface area contributed by atoms with Crippen molar-refractivity contribution in [3.05, 3.63) is 27.2 Å². The summed E-state index contributed by atoms with van der Waals surface area (Å²) in [4.78, 5) is 0. The predicted molar refractivity (Wildman–Crippen MR) is 54.9 cm³/mol. The minimum Gasteiger partial charge on any atom is -0.396 e. The van der Waals surface area contributed by atoms with Gasteiger partial charge in [0.05, 0.1) is 10.7 Å². The van der Waals surface area contributed by atoms with Gasteiger partial charge in [-0.1, -0.05) is 37.0 Å². The van der Waals surface area contributed by atoms with Crippen molar-refractivity contribution in [1.29, 1.82) is 0 Å². The highest BCUT2D eigenvalue weighted by atomic mass is 35.5. The molecule has 0 fully saturated rings. The van der Waals surface area contributed by atoms with E-state index in [4.69, 9.17) is 28.9 Å². The fraction of sp³-hybridized carbons (Fsp3) is 0.333. The van der Waals surface area contributed by atoms with Gasteiger partial charge >= 0.3 is 0 Å². The van der Waals surface area contributed by atoms with Crippen LogP contribution in [0.4, 0.5) is 14.5 Å². The Morgan fingerprint density at radius 3 is 2.00 bits per heavy atom. The Morgan fingerprint density at radius 2 is 1.57 bits per heavy atom. The summed E-state index contributed by atoms with van der Waals surface area (Å²) in [5.41, 5.74) is 5.52. The largest absolute Gasteiger partial charge is 0.396 e. The van der Waals surface area contributed by atoms with Crippen molar-refractivity contribution in [1.82, 2.24) is 0 Å². The second-order valence-corrected chi connectivity index (χ2v) is 3.99. The highest BCUT2D eigenvalue weighted by Gasteiger charge is 2.22. The van der Waals surface area contributed by atoms with Crippen LogP contribution in [0.1, 0.15) is 25.3 Å². The average molecular weight is 240 g/mol. The quantitative estimate of drug-likeness (QED) is 0.448. The minimum absolute atomic E-state index is 0.163. The van der Waals surface area contributed by atoms with Gasteiger partial charge in [-0.2, -0.15) is 0 Å². The molecule has 0 bridgehead atoms. The summed E-state index contributed by atoms with van der Waals surface area (Å²) >= 11 is 11.0. The first-order valence-electron chi connectivity index (χ1n) is 3.99. The Balaban J connectivity index is 3.60. The van der Waals surface area contributed by atoms with E-state index in [2.05, 4.69) is 0 Å². The van der Waals surface area contributed by atoms with Gasteiger partial charge in [-0.15, -0.1) is 0 Å². The summed E-state index contributed by atoms with van der Waals surface area (Å²) in [7, 11) is 0. The summed E-state index contributed by atoms with van der Waals surface area (Å²) in [6.07, 6.45) is 0. The van der Waals surface area contributed by atoms with Gasteiger partial charge in [0.2, 0.25) is 0 Å². The third kappa shape index (κ3) is 1.66. The zero-order valence-corrected chi connectivity index (χ0v) is 9.18. The Hall–Kier alpha value is -0.540. The van der Waals surface area contributed by atoms with E-state index in [1.807, 2.05) is 0 Å². The van der Waals surface area contributed by atoms with Crippen LogP contribution in [0.2, 0.25) is 10.0 Å². The van der Waals surface area contributed by atoms with E-state index in [1.54, 1.807) is 13.8 Å². The van der Waals surface area contributed by atoms with Crippen molar-refractivity contribution in [3.8, 4) is 0 Å². The average Bonchev–Trinajstić information content (AvgIpc) is 2.11. The summed E-state index contributed by atoms with van der Waals surface area (Å²) in [5, 5.41) is -0.860. The number of halogens is 4. The van der Waals surface area contributed by atoms with Crippen LogP contribution in [-0.2, 0) is 0 Å². The Bertz CT molecular complexity index is 349. The highest BCUT2D eigenvalue weighted by Crippen LogP contribution is 2.38. The van der Waals surface area contributed by atoms with E-state index in [0.717, 1.165) is 0 Å². The molecule has 0 amide bonds. The fourth-order valence-corrected chi connectivity index (χ4v) is 1.89. The SMILES string of the molecule is CC(C)c1c(N)c(F)c(Cl)c(F)c1Cl. The van der Waals surface area contributed by atoms with Crippen molar-refractivity contribution in [2.45, 2.75) is 19.8 Å². The second-order valence-electron chi connectivity index (χ2n) is 3.24. The van der Waals surface area contributed by atoms with Gasteiger partial charge in [-0.05, 0) is 5.92 Å². The molecule has 1 aromatic carbocycles. The van der Waals surface area contributed by atoms with E-state index in [1.165, 1.54) is 0 Å². The lowest BCUT2D eigenvalue weighted by Crippen LogP contribution is -2.04. The van der Waals surface area contributed by atoms with E-state index in [-0.39, 0.29) is 22.2 Å². The molecule has 2 N–H and O–H groups in total. The van der Waals surface area contributed by atoms with Crippen LogP contribution in [-0.4, -0.2) is 0 Å². The van der Waals surface area contributed by atoms with Crippen molar-refractivity contribution in [2.24, 2.45) is 0 Å². The topological polar surface area (TPSA) is 26.0 Å². The molecule has 5 heteroatoms. The second kappa shape index (κ2) is 3.91. The van der Waals surface area contributed by atoms with Crippen LogP contribution < -0.4 is 5.73 Å². The Morgan fingerprint density at radius 1 is 1.07 bits per heavy atom. The molecular formula is C9H9Cl2F2N. The molecule has 78 valence electrons. The first kappa shape index (κ1) is 11.5. The monoisotopic (exact) mass is 239 g/mol. The summed E-state index contributed by atoms with van der Waals surface area (Å²) in [5.74, 6) is -2.07. The molecule has 14 heavy (non-hydrogen) atoms. The van der Waals surface area contributed by atoms with Gasteiger partial charge < -0.3 is 5.73 Å². The number of nitrogen functional groups attached to an aromatic ring is 1. The van der Waals surface area contributed by atoms with E-state index >= 15 is 0 Å². The lowest BCUT2D eigenvalue weighted by Gasteiger charge is -2.14. The Kier molecular flexibility index (Phi) is 3.22. The van der Waals surface area contributed by atoms with Crippen LogP contribution >= 0.6 is 23.2 Å². The molecule has 0 radical (unpaired) electrons. The van der Waals surface area contributed by atoms with Crippen LogP contribution in [0.15, 0.2) is 0 Å². The third-order valence-electron chi connectivity index (χ3n) is 1.92. The van der Waals surface area contributed by atoms with Crippen molar-refractivity contribution < 1.29 is 8.78 Å². The third-order valence-corrected chi connectivity index (χ3v) is 2.62. The molecule has 0 heterocycles. The highest BCUT2D eigenvalue weighted by molar-refractivity contribution is 6.36. The number of benzene rings is 1. The molecule has 0 aliphatic heterocycles. The molecule has 0 saturated heterocycles. The number of nitrogens with two attached hydrogens (primary N) is 1. The van der Waals surface area contributed by atoms with Crippen LogP contribution in [0.3, 0.4) is 0 Å². The molecule has 0 aliphatic carbocycles. The van der Waals surface area contributed by atoms with Crippen LogP contribution in [0.5, 0.6) is 0 Å². The number of anilines is 1. The molecule has 1 aromatic rings. The lowest BCUT2D eigenvalue weighted by atomic mass is 10.0. The summed E-state index contributed by atoms with van der Waals surface area (Å²) in [6, 6.07) is 0. The molecule has 0 unspecified atom stereocenters. The number of hydrogen-bond acceptors (Lipinski definition) is 1. The van der Waals surface area contributed by atoms with E-state index in [0.29, 0.717) is 0 Å². The zero-order chi connectivity index (χ0) is 11.0. The Labute approximate surface area is 90.8 Å². The van der Waals surface area contributed by atoms with Crippen molar-refractivity contribution in [2.75, 3.05) is 5.73 Å². The van der Waals surface area contributed by atoms with E-state index < -0.39 is 16.7 Å². The summed E-state index contributed by atoms with van der Waals surface area (Å²) in [6.45, 7) is 3.48. The van der Waals surface area contributed by atoms with Gasteiger partial charge in [-0.3, -0.25) is 0 Å². The lowest BCUT2D eigenvalue weighted by molar-refractivity contribution is 0.582. The van der Waals surface area contributed by atoms with Gasteiger partial charge in [-0.25, -0.2) is 8.78 Å². The van der Waals surface area contributed by atoms with Crippen LogP contribution in [0.25, 0.3) is 0 Å². The van der Waals surface area contributed by atoms with Crippen molar-refractivity contribution >= 4 is 28.9 Å². The van der Waals surface area contributed by atoms with Gasteiger partial charge in [0, 0.05) is 5.56 Å². The van der Waals surface area contributed by atoms with Gasteiger partial charge in [0.25, 0.3) is 0 Å². The smallest absolute Gasteiger partial charge is 0.168 e. The number of hydrogen-bond donors (Lipinski definition) is 1. The molecule has 1 nitrogen and oxygen atoms in total. The fourth-order valence-electron chi connectivity index (χ4n) is 1.23. The molecule has 0 aliphatic rings. The van der Waals surface area contributed by atoms with Crippen molar-refractivity contribution in [3.63, 3.8) is 0 Å². The molecular weight excluding hydrogens is 231 g/mol. The van der Waals surface area contributed by atoms with Crippen LogP contribution in [0, 0.1) is 11.6 Å². The van der Waals surface area contributed by atoms with Gasteiger partial charge in [0.1, 0.15) is 5.02 Å². The maximum absolute atomic E-state index is 13.2. The standard InChI is InChI=1S/C9H9Cl2F2N/c1-3(2)4-5(10)7(12)6(11)8(13)9(4)14/h3H,14H2,1-2H3. The minimum atomic E-state index is -0.955. The maximum Gasteiger partial charge on any atom is 0.168 e.